The van der Waals surface area contributed by atoms with E-state index in [1.807, 2.05) is 37.4 Å². The Morgan fingerprint density at radius 1 is 1.16 bits per heavy atom. The quantitative estimate of drug-likeness (QED) is 0.929. The average Bonchev–Trinajstić information content (AvgIpc) is 2.43. The Morgan fingerprint density at radius 3 is 2.47 bits per heavy atom. The number of phenols is 1. The van der Waals surface area contributed by atoms with Gasteiger partial charge in [-0.15, -0.1) is 0 Å². The van der Waals surface area contributed by atoms with Gasteiger partial charge in [0.2, 0.25) is 0 Å². The van der Waals surface area contributed by atoms with Gasteiger partial charge in [-0.05, 0) is 48.0 Å². The third-order valence-electron chi connectivity index (χ3n) is 2.95. The molecule has 1 N–H and O–H groups in total. The molecule has 2 aromatic carbocycles. The summed E-state index contributed by atoms with van der Waals surface area (Å²) in [6.45, 7) is 0.710. The molecule has 0 aromatic heterocycles. The van der Waals surface area contributed by atoms with Gasteiger partial charge in [0.25, 0.3) is 0 Å². The molecule has 0 bridgehead atoms. The minimum atomic E-state index is 0.279. The topological polar surface area (TPSA) is 32.7 Å². The molecule has 0 heterocycles. The monoisotopic (exact) mass is 321 g/mol. The number of hydrogen-bond donors (Lipinski definition) is 1. The van der Waals surface area contributed by atoms with Crippen molar-refractivity contribution in [2.45, 2.75) is 6.54 Å². The highest BCUT2D eigenvalue weighted by Crippen LogP contribution is 2.25. The number of hydrogen-bond acceptors (Lipinski definition) is 3. The van der Waals surface area contributed by atoms with E-state index in [1.165, 1.54) is 0 Å². The molecule has 0 aliphatic rings. The zero-order chi connectivity index (χ0) is 13.8. The number of nitrogens with zero attached hydrogens (tertiary/aromatic N) is 1. The fraction of sp³-hybridized carbons (Fsp3) is 0.200. The van der Waals surface area contributed by atoms with E-state index in [0.29, 0.717) is 6.54 Å². The predicted molar refractivity (Wildman–Crippen MR) is 80.9 cm³/mol. The van der Waals surface area contributed by atoms with Crippen LogP contribution in [0.1, 0.15) is 5.56 Å². The number of aromatic hydroxyl groups is 1. The highest BCUT2D eigenvalue weighted by molar-refractivity contribution is 9.10. The van der Waals surface area contributed by atoms with E-state index in [9.17, 15) is 5.11 Å². The van der Waals surface area contributed by atoms with Gasteiger partial charge in [0, 0.05) is 23.8 Å². The van der Waals surface area contributed by atoms with Gasteiger partial charge >= 0.3 is 0 Å². The summed E-state index contributed by atoms with van der Waals surface area (Å²) in [6, 6.07) is 13.2. The molecule has 2 rings (SSSR count). The molecule has 2 aromatic rings. The van der Waals surface area contributed by atoms with Crippen molar-refractivity contribution in [3.8, 4) is 11.5 Å². The first-order valence-electron chi connectivity index (χ1n) is 5.92. The lowest BCUT2D eigenvalue weighted by molar-refractivity contribution is 0.415. The molecule has 3 nitrogen and oxygen atoms in total. The second-order valence-corrected chi connectivity index (χ2v) is 5.18. The van der Waals surface area contributed by atoms with Gasteiger partial charge in [-0.3, -0.25) is 0 Å². The van der Waals surface area contributed by atoms with Crippen LogP contribution in [0, 0.1) is 0 Å². The van der Waals surface area contributed by atoms with Gasteiger partial charge in [0.15, 0.2) is 0 Å². The Morgan fingerprint density at radius 2 is 1.84 bits per heavy atom. The lowest BCUT2D eigenvalue weighted by Crippen LogP contribution is -2.16. The van der Waals surface area contributed by atoms with Crippen LogP contribution in [-0.2, 0) is 6.54 Å². The summed E-state index contributed by atoms with van der Waals surface area (Å²) in [5, 5.41) is 9.53. The summed E-state index contributed by atoms with van der Waals surface area (Å²) < 4.78 is 6.13. The second kappa shape index (κ2) is 5.97. The lowest BCUT2D eigenvalue weighted by atomic mass is 10.2. The van der Waals surface area contributed by atoms with Crippen molar-refractivity contribution in [2.24, 2.45) is 0 Å². The van der Waals surface area contributed by atoms with Crippen LogP contribution < -0.4 is 9.64 Å². The first-order chi connectivity index (χ1) is 9.10. The van der Waals surface area contributed by atoms with Crippen molar-refractivity contribution in [3.05, 3.63) is 52.5 Å². The molecule has 19 heavy (non-hydrogen) atoms. The molecule has 4 heteroatoms. The number of benzene rings is 2. The molecule has 0 aliphatic carbocycles. The maximum Gasteiger partial charge on any atom is 0.119 e. The van der Waals surface area contributed by atoms with Gasteiger partial charge in [-0.2, -0.15) is 0 Å². The first-order valence-corrected chi connectivity index (χ1v) is 6.72. The Labute approximate surface area is 121 Å². The zero-order valence-electron chi connectivity index (χ0n) is 10.9. The molecule has 0 spiro atoms. The molecule has 0 aliphatic heterocycles. The van der Waals surface area contributed by atoms with Crippen molar-refractivity contribution in [3.63, 3.8) is 0 Å². The normalized spacial score (nSPS) is 10.3. The Bertz CT molecular complexity index is 555. The predicted octanol–water partition coefficient (Wildman–Crippen LogP) is 3.80. The molecule has 0 saturated carbocycles. The van der Waals surface area contributed by atoms with Crippen molar-refractivity contribution in [2.75, 3.05) is 19.1 Å². The van der Waals surface area contributed by atoms with E-state index >= 15 is 0 Å². The smallest absolute Gasteiger partial charge is 0.119 e. The third-order valence-corrected chi connectivity index (χ3v) is 3.72. The fourth-order valence-corrected chi connectivity index (χ4v) is 2.24. The van der Waals surface area contributed by atoms with Gasteiger partial charge < -0.3 is 14.7 Å². The van der Waals surface area contributed by atoms with Crippen LogP contribution in [0.3, 0.4) is 0 Å². The summed E-state index contributed by atoms with van der Waals surface area (Å²) in [4.78, 5) is 2.11. The van der Waals surface area contributed by atoms with E-state index in [4.69, 9.17) is 4.74 Å². The van der Waals surface area contributed by atoms with Crippen LogP contribution in [0.4, 0.5) is 5.69 Å². The Kier molecular flexibility index (Phi) is 4.32. The van der Waals surface area contributed by atoms with E-state index in [2.05, 4.69) is 20.8 Å². The lowest BCUT2D eigenvalue weighted by Gasteiger charge is -2.20. The van der Waals surface area contributed by atoms with E-state index < -0.39 is 0 Å². The second-order valence-electron chi connectivity index (χ2n) is 4.33. The highest BCUT2D eigenvalue weighted by Gasteiger charge is 2.06. The third kappa shape index (κ3) is 3.41. The minimum absolute atomic E-state index is 0.279. The summed E-state index contributed by atoms with van der Waals surface area (Å²) in [7, 11) is 3.67. The standard InChI is InChI=1S/C15H16BrNO2/c1-17(12-3-6-14(19-2)7-4-12)10-11-9-13(18)5-8-15(11)16/h3-9,18H,10H2,1-2H3. The summed E-state index contributed by atoms with van der Waals surface area (Å²) in [5.41, 5.74) is 2.13. The number of phenolic OH excluding ortho intramolecular Hbond substituents is 1. The van der Waals surface area contributed by atoms with Gasteiger partial charge in [0.1, 0.15) is 11.5 Å². The van der Waals surface area contributed by atoms with E-state index in [-0.39, 0.29) is 5.75 Å². The minimum Gasteiger partial charge on any atom is -0.508 e. The van der Waals surface area contributed by atoms with Gasteiger partial charge in [-0.1, -0.05) is 15.9 Å². The SMILES string of the molecule is COc1ccc(N(C)Cc2cc(O)ccc2Br)cc1. The first kappa shape index (κ1) is 13.7. The molecular formula is C15H16BrNO2. The fourth-order valence-electron chi connectivity index (χ4n) is 1.87. The molecule has 0 fully saturated rings. The van der Waals surface area contributed by atoms with Crippen LogP contribution in [0.5, 0.6) is 11.5 Å². The highest BCUT2D eigenvalue weighted by atomic mass is 79.9. The van der Waals surface area contributed by atoms with Gasteiger partial charge in [0.05, 0.1) is 7.11 Å². The van der Waals surface area contributed by atoms with Crippen LogP contribution >= 0.6 is 15.9 Å². The largest absolute Gasteiger partial charge is 0.508 e. The van der Waals surface area contributed by atoms with Gasteiger partial charge in [-0.25, -0.2) is 0 Å². The zero-order valence-corrected chi connectivity index (χ0v) is 12.5. The van der Waals surface area contributed by atoms with Crippen LogP contribution in [0.15, 0.2) is 46.9 Å². The van der Waals surface area contributed by atoms with Crippen molar-refractivity contribution < 1.29 is 9.84 Å². The summed E-state index contributed by atoms with van der Waals surface area (Å²) >= 11 is 3.50. The van der Waals surface area contributed by atoms with Crippen molar-refractivity contribution >= 4 is 21.6 Å². The number of ether oxygens (including phenoxy) is 1. The van der Waals surface area contributed by atoms with Crippen molar-refractivity contribution in [1.29, 1.82) is 0 Å². The number of halogens is 1. The average molecular weight is 322 g/mol. The molecule has 0 amide bonds. The summed E-state index contributed by atoms with van der Waals surface area (Å²) in [6.07, 6.45) is 0. The van der Waals surface area contributed by atoms with Crippen LogP contribution in [-0.4, -0.2) is 19.3 Å². The maximum atomic E-state index is 9.53. The summed E-state index contributed by atoms with van der Waals surface area (Å²) in [5.74, 6) is 1.12. The Balaban J connectivity index is 2.15. The number of methoxy groups -OCH3 is 1. The van der Waals surface area contributed by atoms with Crippen molar-refractivity contribution in [1.82, 2.24) is 0 Å². The number of anilines is 1. The molecule has 0 radical (unpaired) electrons. The van der Waals surface area contributed by atoms with Crippen LogP contribution in [0.25, 0.3) is 0 Å². The molecule has 100 valence electrons. The molecule has 0 unspecified atom stereocenters. The molecular weight excluding hydrogens is 306 g/mol. The number of rotatable bonds is 4. The molecule has 0 saturated heterocycles. The van der Waals surface area contributed by atoms with Crippen LogP contribution in [0.2, 0.25) is 0 Å². The van der Waals surface area contributed by atoms with E-state index in [1.54, 1.807) is 19.2 Å². The van der Waals surface area contributed by atoms with E-state index in [0.717, 1.165) is 21.5 Å². The Hall–Kier alpha value is -1.68. The maximum absolute atomic E-state index is 9.53. The molecule has 0 atom stereocenters.